The normalized spacial score (nSPS) is 22.3. The number of Topliss-reactive ketones (excluding diaryl/α,β-unsaturated/α-hetero) is 2. The number of benzene rings is 2. The van der Waals surface area contributed by atoms with Gasteiger partial charge in [0.2, 0.25) is 0 Å². The van der Waals surface area contributed by atoms with Crippen molar-refractivity contribution in [2.75, 3.05) is 0 Å². The molecule has 156 valence electrons. The number of cyclic esters (lactones) is 1. The minimum Gasteiger partial charge on any atom is -0.453 e. The van der Waals surface area contributed by atoms with Crippen LogP contribution in [0.25, 0.3) is 0 Å². The van der Waals surface area contributed by atoms with Crippen molar-refractivity contribution in [2.45, 2.75) is 57.0 Å². The molecule has 1 saturated carbocycles. The predicted molar refractivity (Wildman–Crippen MR) is 114 cm³/mol. The Morgan fingerprint density at radius 2 is 1.43 bits per heavy atom. The van der Waals surface area contributed by atoms with E-state index in [0.29, 0.717) is 12.3 Å². The van der Waals surface area contributed by atoms with Crippen LogP contribution in [-0.2, 0) is 19.1 Å². The van der Waals surface area contributed by atoms with E-state index in [1.165, 1.54) is 6.42 Å². The third kappa shape index (κ3) is 4.53. The van der Waals surface area contributed by atoms with E-state index in [1.54, 1.807) is 0 Å². The molecule has 2 aromatic rings. The number of carbonyl (C=O) groups is 3. The molecule has 4 rings (SSSR count). The summed E-state index contributed by atoms with van der Waals surface area (Å²) < 4.78 is 5.39. The van der Waals surface area contributed by atoms with Gasteiger partial charge in [-0.3, -0.25) is 14.4 Å². The summed E-state index contributed by atoms with van der Waals surface area (Å²) >= 11 is 0. The first kappa shape index (κ1) is 20.5. The van der Waals surface area contributed by atoms with Crippen molar-refractivity contribution in [3.63, 3.8) is 0 Å². The lowest BCUT2D eigenvalue weighted by atomic mass is 9.81. The van der Waals surface area contributed by atoms with E-state index >= 15 is 0 Å². The van der Waals surface area contributed by atoms with E-state index < -0.39 is 18.0 Å². The molecule has 30 heavy (non-hydrogen) atoms. The quantitative estimate of drug-likeness (QED) is 0.488. The van der Waals surface area contributed by atoms with Gasteiger partial charge in [0.25, 0.3) is 0 Å². The highest BCUT2D eigenvalue weighted by Crippen LogP contribution is 2.34. The predicted octanol–water partition coefficient (Wildman–Crippen LogP) is 4.86. The molecule has 2 unspecified atom stereocenters. The SMILES string of the molecule is O=C(CC(c1ccccc1)c1ccccc1)C1C(=O)OC(CC2CCCCC2)C1=O. The number of esters is 1. The Hall–Kier alpha value is -2.75. The van der Waals surface area contributed by atoms with Gasteiger partial charge in [-0.2, -0.15) is 0 Å². The molecule has 2 atom stereocenters. The van der Waals surface area contributed by atoms with Gasteiger partial charge in [0.05, 0.1) is 0 Å². The zero-order chi connectivity index (χ0) is 20.9. The van der Waals surface area contributed by atoms with E-state index in [9.17, 15) is 14.4 Å². The lowest BCUT2D eigenvalue weighted by Gasteiger charge is -2.23. The van der Waals surface area contributed by atoms with E-state index in [-0.39, 0.29) is 23.9 Å². The maximum atomic E-state index is 13.1. The topological polar surface area (TPSA) is 60.4 Å². The largest absolute Gasteiger partial charge is 0.453 e. The Morgan fingerprint density at radius 1 is 0.867 bits per heavy atom. The van der Waals surface area contributed by atoms with Crippen molar-refractivity contribution in [3.8, 4) is 0 Å². The molecule has 0 aromatic heterocycles. The molecule has 2 fully saturated rings. The molecule has 1 heterocycles. The number of ketones is 2. The Kier molecular flexibility index (Phi) is 6.41. The zero-order valence-electron chi connectivity index (χ0n) is 17.2. The summed E-state index contributed by atoms with van der Waals surface area (Å²) in [6, 6.07) is 19.5. The Bertz CT molecular complexity index is 844. The van der Waals surface area contributed by atoms with Crippen molar-refractivity contribution >= 4 is 17.5 Å². The average Bonchev–Trinajstić information content (AvgIpc) is 3.06. The minimum absolute atomic E-state index is 0.107. The smallest absolute Gasteiger partial charge is 0.325 e. The lowest BCUT2D eigenvalue weighted by Crippen LogP contribution is -2.30. The summed E-state index contributed by atoms with van der Waals surface area (Å²) in [5.74, 6) is -2.39. The van der Waals surface area contributed by atoms with Gasteiger partial charge >= 0.3 is 5.97 Å². The van der Waals surface area contributed by atoms with E-state index in [0.717, 1.165) is 36.8 Å². The highest BCUT2D eigenvalue weighted by Gasteiger charge is 2.48. The molecule has 0 bridgehead atoms. The molecule has 4 heteroatoms. The van der Waals surface area contributed by atoms with Crippen LogP contribution in [0.3, 0.4) is 0 Å². The molecular weight excluding hydrogens is 376 g/mol. The van der Waals surface area contributed by atoms with Gasteiger partial charge in [0, 0.05) is 12.3 Å². The van der Waals surface area contributed by atoms with E-state index in [2.05, 4.69) is 0 Å². The Morgan fingerprint density at radius 3 is 2.00 bits per heavy atom. The fourth-order valence-corrected chi connectivity index (χ4v) is 4.87. The first-order valence-corrected chi connectivity index (χ1v) is 11.0. The molecule has 1 aliphatic heterocycles. The molecule has 1 saturated heterocycles. The molecule has 2 aromatic carbocycles. The summed E-state index contributed by atoms with van der Waals surface area (Å²) in [5.41, 5.74) is 1.99. The number of hydrogen-bond acceptors (Lipinski definition) is 4. The fraction of sp³-hybridized carbons (Fsp3) is 0.423. The highest BCUT2D eigenvalue weighted by atomic mass is 16.6. The van der Waals surface area contributed by atoms with E-state index in [1.807, 2.05) is 60.7 Å². The summed E-state index contributed by atoms with van der Waals surface area (Å²) in [6.45, 7) is 0. The van der Waals surface area contributed by atoms with Crippen LogP contribution in [0.4, 0.5) is 0 Å². The van der Waals surface area contributed by atoms with Gasteiger partial charge in [-0.05, 0) is 23.5 Å². The summed E-state index contributed by atoms with van der Waals surface area (Å²) in [7, 11) is 0. The third-order valence-electron chi connectivity index (χ3n) is 6.50. The van der Waals surface area contributed by atoms with Gasteiger partial charge in [-0.1, -0.05) is 92.8 Å². The van der Waals surface area contributed by atoms with Crippen molar-refractivity contribution in [3.05, 3.63) is 71.8 Å². The van der Waals surface area contributed by atoms with Gasteiger partial charge in [0.1, 0.15) is 0 Å². The monoisotopic (exact) mass is 404 g/mol. The van der Waals surface area contributed by atoms with Gasteiger partial charge in [-0.15, -0.1) is 0 Å². The molecule has 0 N–H and O–H groups in total. The van der Waals surface area contributed by atoms with Crippen LogP contribution in [0, 0.1) is 11.8 Å². The van der Waals surface area contributed by atoms with Crippen LogP contribution in [-0.4, -0.2) is 23.6 Å². The molecular formula is C26H28O4. The standard InChI is InChI=1S/C26H28O4/c27-22(17-21(19-12-6-2-7-13-19)20-14-8-3-9-15-20)24-25(28)23(30-26(24)29)16-18-10-4-1-5-11-18/h2-3,6-9,12-15,18,21,23-24H,1,4-5,10-11,16-17H2. The van der Waals surface area contributed by atoms with Crippen LogP contribution in [0.15, 0.2) is 60.7 Å². The molecule has 0 spiro atoms. The Labute approximate surface area is 177 Å². The second kappa shape index (κ2) is 9.38. The van der Waals surface area contributed by atoms with Crippen molar-refractivity contribution in [1.29, 1.82) is 0 Å². The molecule has 0 radical (unpaired) electrons. The van der Waals surface area contributed by atoms with Crippen LogP contribution < -0.4 is 0 Å². The molecule has 1 aliphatic carbocycles. The molecule has 0 amide bonds. The van der Waals surface area contributed by atoms with Crippen LogP contribution in [0.1, 0.15) is 62.0 Å². The molecule has 4 nitrogen and oxygen atoms in total. The maximum absolute atomic E-state index is 13.1. The van der Waals surface area contributed by atoms with Gasteiger partial charge in [-0.25, -0.2) is 0 Å². The van der Waals surface area contributed by atoms with Crippen LogP contribution in [0.2, 0.25) is 0 Å². The molecule has 2 aliphatic rings. The second-order valence-corrected chi connectivity index (χ2v) is 8.55. The average molecular weight is 405 g/mol. The fourth-order valence-electron chi connectivity index (χ4n) is 4.87. The first-order valence-electron chi connectivity index (χ1n) is 11.0. The second-order valence-electron chi connectivity index (χ2n) is 8.55. The number of hydrogen-bond donors (Lipinski definition) is 0. The third-order valence-corrected chi connectivity index (χ3v) is 6.50. The number of rotatable bonds is 7. The summed E-state index contributed by atoms with van der Waals surface area (Å²) in [4.78, 5) is 38.5. The van der Waals surface area contributed by atoms with Crippen molar-refractivity contribution in [1.82, 2.24) is 0 Å². The van der Waals surface area contributed by atoms with Gasteiger partial charge in [0.15, 0.2) is 23.6 Å². The van der Waals surface area contributed by atoms with Crippen LogP contribution >= 0.6 is 0 Å². The van der Waals surface area contributed by atoms with Crippen LogP contribution in [0.5, 0.6) is 0 Å². The lowest BCUT2D eigenvalue weighted by molar-refractivity contribution is -0.147. The first-order chi connectivity index (χ1) is 14.6. The maximum Gasteiger partial charge on any atom is 0.325 e. The van der Waals surface area contributed by atoms with Crippen molar-refractivity contribution < 1.29 is 19.1 Å². The minimum atomic E-state index is -1.27. The zero-order valence-corrected chi connectivity index (χ0v) is 17.2. The highest BCUT2D eigenvalue weighted by molar-refractivity contribution is 6.21. The summed E-state index contributed by atoms with van der Waals surface area (Å²) in [6.07, 6.45) is 5.63. The Balaban J connectivity index is 1.49. The van der Waals surface area contributed by atoms with E-state index in [4.69, 9.17) is 4.74 Å². The number of ether oxygens (including phenoxy) is 1. The number of carbonyl (C=O) groups excluding carboxylic acids is 3. The van der Waals surface area contributed by atoms with Crippen molar-refractivity contribution in [2.24, 2.45) is 11.8 Å². The van der Waals surface area contributed by atoms with Gasteiger partial charge < -0.3 is 4.74 Å². The summed E-state index contributed by atoms with van der Waals surface area (Å²) in [5, 5.41) is 0.